The van der Waals surface area contributed by atoms with Gasteiger partial charge in [-0.15, -0.1) is 0 Å². The van der Waals surface area contributed by atoms with Crippen LogP contribution in [0.15, 0.2) is 0 Å². The van der Waals surface area contributed by atoms with Crippen molar-refractivity contribution in [2.75, 3.05) is 19.7 Å². The van der Waals surface area contributed by atoms with E-state index >= 15 is 0 Å². The molecule has 0 radical (unpaired) electrons. The van der Waals surface area contributed by atoms with Crippen LogP contribution in [0.3, 0.4) is 0 Å². The van der Waals surface area contributed by atoms with E-state index in [1.807, 2.05) is 0 Å². The molecule has 3 saturated heterocycles. The van der Waals surface area contributed by atoms with Crippen molar-refractivity contribution >= 4 is 11.8 Å². The molecule has 5 atom stereocenters. The molecule has 2 amide bonds. The Bertz CT molecular complexity index is 721. The summed E-state index contributed by atoms with van der Waals surface area (Å²) in [5, 5.41) is 0. The normalized spacial score (nSPS) is 48.5. The average molecular weight is 387 g/mol. The van der Waals surface area contributed by atoms with E-state index in [0.717, 1.165) is 51.8 Å². The Hall–Kier alpha value is -1.10. The number of rotatable bonds is 2. The first-order chi connectivity index (χ1) is 13.2. The fourth-order valence-electron chi connectivity index (χ4n) is 7.74. The highest BCUT2D eigenvalue weighted by molar-refractivity contribution is 5.88. The molecule has 3 heterocycles. The van der Waals surface area contributed by atoms with Gasteiger partial charge in [0.2, 0.25) is 5.91 Å². The molecule has 0 spiro atoms. The van der Waals surface area contributed by atoms with E-state index in [-0.39, 0.29) is 29.5 Å². The van der Waals surface area contributed by atoms with Crippen molar-refractivity contribution in [1.29, 1.82) is 0 Å². The zero-order chi connectivity index (χ0) is 19.5. The second-order valence-corrected chi connectivity index (χ2v) is 11.9. The van der Waals surface area contributed by atoms with Gasteiger partial charge in [0.15, 0.2) is 0 Å². The highest BCUT2D eigenvalue weighted by Crippen LogP contribution is 2.79. The molecule has 5 heteroatoms. The first-order valence-corrected chi connectivity index (χ1v) is 11.5. The lowest BCUT2D eigenvalue weighted by atomic mass is 9.29. The minimum absolute atomic E-state index is 0.0573. The number of amides is 2. The average Bonchev–Trinajstić information content (AvgIpc) is 3.28. The van der Waals surface area contributed by atoms with Crippen molar-refractivity contribution in [3.05, 3.63) is 0 Å². The number of carbonyl (C=O) groups is 2. The highest BCUT2D eigenvalue weighted by atomic mass is 16.5. The van der Waals surface area contributed by atoms with Crippen LogP contribution in [0.1, 0.15) is 65.7 Å². The number of piperazine rings is 1. The van der Waals surface area contributed by atoms with Gasteiger partial charge in [-0.05, 0) is 61.2 Å². The minimum Gasteiger partial charge on any atom is -0.368 e. The molecule has 7 rings (SSSR count). The molecule has 0 unspecified atom stereocenters. The largest absolute Gasteiger partial charge is 0.368 e. The Kier molecular flexibility index (Phi) is 3.37. The van der Waals surface area contributed by atoms with Gasteiger partial charge in [-0.2, -0.15) is 0 Å². The molecule has 4 bridgehead atoms. The Morgan fingerprint density at radius 1 is 1.00 bits per heavy atom. The Labute approximate surface area is 168 Å². The van der Waals surface area contributed by atoms with Gasteiger partial charge >= 0.3 is 0 Å². The van der Waals surface area contributed by atoms with E-state index < -0.39 is 0 Å². The second kappa shape index (κ2) is 5.33. The fraction of sp³-hybridized carbons (Fsp3) is 0.913. The molecule has 4 saturated carbocycles. The van der Waals surface area contributed by atoms with Crippen LogP contribution >= 0.6 is 0 Å². The third-order valence-electron chi connectivity index (χ3n) is 9.70. The standard InChI is InChI=1S/C23H34N2O3/c1-21(2,3)23-11-22(12-23,13-23)20(27)25-9-15-7-16(25)8-24(15)19(26)18-17-6-4-5-14(17)10-28-18/h14-18H,4-13H2,1-3H3/t14-,15-,16-,17-,18+,22?,23?/m0/s1. The van der Waals surface area contributed by atoms with Crippen LogP contribution in [0.2, 0.25) is 0 Å². The van der Waals surface area contributed by atoms with E-state index in [1.54, 1.807) is 0 Å². The van der Waals surface area contributed by atoms with E-state index in [1.165, 1.54) is 12.8 Å². The maximum atomic E-state index is 13.3. The summed E-state index contributed by atoms with van der Waals surface area (Å²) in [6.45, 7) is 9.21. The van der Waals surface area contributed by atoms with Gasteiger partial charge in [0.25, 0.3) is 5.91 Å². The van der Waals surface area contributed by atoms with Gasteiger partial charge in [0.05, 0.1) is 24.1 Å². The predicted octanol–water partition coefficient (Wildman–Crippen LogP) is 2.83. The monoisotopic (exact) mass is 386 g/mol. The van der Waals surface area contributed by atoms with Crippen molar-refractivity contribution in [2.45, 2.75) is 83.9 Å². The number of carbonyl (C=O) groups excluding carboxylic acids is 2. The quantitative estimate of drug-likeness (QED) is 0.733. The molecule has 3 aliphatic heterocycles. The van der Waals surface area contributed by atoms with Crippen molar-refractivity contribution < 1.29 is 14.3 Å². The summed E-state index contributed by atoms with van der Waals surface area (Å²) < 4.78 is 5.93. The smallest absolute Gasteiger partial charge is 0.252 e. The zero-order valence-corrected chi connectivity index (χ0v) is 17.6. The summed E-state index contributed by atoms with van der Waals surface area (Å²) in [6.07, 6.45) is 7.62. The zero-order valence-electron chi connectivity index (χ0n) is 17.6. The number of hydrogen-bond donors (Lipinski definition) is 0. The third-order valence-corrected chi connectivity index (χ3v) is 9.70. The molecular weight excluding hydrogens is 352 g/mol. The summed E-state index contributed by atoms with van der Waals surface area (Å²) in [4.78, 5) is 30.7. The van der Waals surface area contributed by atoms with E-state index in [2.05, 4.69) is 30.6 Å². The number of hydrogen-bond acceptors (Lipinski definition) is 3. The summed E-state index contributed by atoms with van der Waals surface area (Å²) in [6, 6.07) is 0.455. The van der Waals surface area contributed by atoms with Crippen LogP contribution in [-0.2, 0) is 14.3 Å². The molecular formula is C23H34N2O3. The number of ether oxygens (including phenoxy) is 1. The van der Waals surface area contributed by atoms with Crippen molar-refractivity contribution in [2.24, 2.45) is 28.1 Å². The molecule has 0 N–H and O–H groups in total. The maximum absolute atomic E-state index is 13.3. The molecule has 0 aromatic heterocycles. The Balaban J connectivity index is 1.10. The lowest BCUT2D eigenvalue weighted by Crippen LogP contribution is -2.72. The highest BCUT2D eigenvalue weighted by Gasteiger charge is 2.75. The molecule has 4 aliphatic carbocycles. The summed E-state index contributed by atoms with van der Waals surface area (Å²) in [5.41, 5.74) is 0.654. The van der Waals surface area contributed by atoms with Gasteiger partial charge in [-0.3, -0.25) is 9.59 Å². The number of nitrogens with zero attached hydrogens (tertiary/aromatic N) is 2. The van der Waals surface area contributed by atoms with Gasteiger partial charge in [0.1, 0.15) is 6.10 Å². The SMILES string of the molecule is CC(C)(C)C12CC(C(=O)N3C[C@@H]4C[C@H]3CN4C(=O)[C@@H]3OC[C@@H]4CCC[C@@H]43)(C1)C2. The van der Waals surface area contributed by atoms with Crippen LogP contribution in [0.25, 0.3) is 0 Å². The lowest BCUT2D eigenvalue weighted by Gasteiger charge is -2.75. The van der Waals surface area contributed by atoms with Gasteiger partial charge in [-0.1, -0.05) is 27.2 Å². The summed E-state index contributed by atoms with van der Waals surface area (Å²) in [7, 11) is 0. The number of fused-ring (bicyclic) bond motifs is 3. The van der Waals surface area contributed by atoms with E-state index in [9.17, 15) is 9.59 Å². The first kappa shape index (κ1) is 17.7. The van der Waals surface area contributed by atoms with Crippen LogP contribution in [0.5, 0.6) is 0 Å². The van der Waals surface area contributed by atoms with Gasteiger partial charge < -0.3 is 14.5 Å². The molecule has 0 aromatic carbocycles. The topological polar surface area (TPSA) is 49.9 Å². The fourth-order valence-corrected chi connectivity index (χ4v) is 7.74. The van der Waals surface area contributed by atoms with Crippen molar-refractivity contribution in [3.8, 4) is 0 Å². The van der Waals surface area contributed by atoms with Crippen molar-refractivity contribution in [1.82, 2.24) is 9.80 Å². The predicted molar refractivity (Wildman–Crippen MR) is 104 cm³/mol. The third kappa shape index (κ3) is 2.07. The van der Waals surface area contributed by atoms with E-state index in [0.29, 0.717) is 28.6 Å². The van der Waals surface area contributed by atoms with Crippen LogP contribution in [0, 0.1) is 28.1 Å². The Morgan fingerprint density at radius 3 is 2.32 bits per heavy atom. The lowest BCUT2D eigenvalue weighted by molar-refractivity contribution is -0.255. The van der Waals surface area contributed by atoms with Gasteiger partial charge in [-0.25, -0.2) is 0 Å². The first-order valence-electron chi connectivity index (χ1n) is 11.5. The van der Waals surface area contributed by atoms with Crippen molar-refractivity contribution in [3.63, 3.8) is 0 Å². The van der Waals surface area contributed by atoms with Gasteiger partial charge in [0, 0.05) is 13.1 Å². The Morgan fingerprint density at radius 2 is 1.68 bits per heavy atom. The number of likely N-dealkylation sites (tertiary alicyclic amines) is 2. The molecule has 7 aliphatic rings. The van der Waals surface area contributed by atoms with Crippen LogP contribution < -0.4 is 0 Å². The molecule has 7 fully saturated rings. The molecule has 28 heavy (non-hydrogen) atoms. The minimum atomic E-state index is -0.208. The molecule has 0 aromatic rings. The molecule has 154 valence electrons. The maximum Gasteiger partial charge on any atom is 0.252 e. The van der Waals surface area contributed by atoms with E-state index in [4.69, 9.17) is 4.74 Å². The van der Waals surface area contributed by atoms with Crippen LogP contribution in [0.4, 0.5) is 0 Å². The molecule has 5 nitrogen and oxygen atoms in total. The second-order valence-electron chi connectivity index (χ2n) is 11.9. The summed E-state index contributed by atoms with van der Waals surface area (Å²) in [5.74, 6) is 1.65. The summed E-state index contributed by atoms with van der Waals surface area (Å²) >= 11 is 0. The van der Waals surface area contributed by atoms with Crippen LogP contribution in [-0.4, -0.2) is 59.5 Å².